The number of unbranched alkanes of at least 4 members (excludes halogenated alkanes) is 1. The van der Waals surface area contributed by atoms with E-state index in [1.165, 1.54) is 0 Å². The first-order valence-corrected chi connectivity index (χ1v) is 11.3. The van der Waals surface area contributed by atoms with E-state index in [4.69, 9.17) is 9.72 Å². The van der Waals surface area contributed by atoms with Crippen LogP contribution in [0.25, 0.3) is 11.0 Å². The molecule has 32 heavy (non-hydrogen) atoms. The van der Waals surface area contributed by atoms with Crippen molar-refractivity contribution >= 4 is 22.6 Å². The predicted octanol–water partition coefficient (Wildman–Crippen LogP) is 5.42. The molecular formula is C27H27N3O2. The number of fused-ring (bicyclic) bond motifs is 1. The van der Waals surface area contributed by atoms with Crippen LogP contribution in [-0.2, 0) is 11.3 Å². The number of imidazole rings is 1. The topological polar surface area (TPSA) is 47.4 Å². The van der Waals surface area contributed by atoms with Crippen LogP contribution in [0.15, 0.2) is 84.9 Å². The Labute approximate surface area is 188 Å². The van der Waals surface area contributed by atoms with Crippen molar-refractivity contribution in [1.82, 2.24) is 9.55 Å². The van der Waals surface area contributed by atoms with E-state index in [1.54, 1.807) is 0 Å². The lowest BCUT2D eigenvalue weighted by Crippen LogP contribution is -2.24. The number of ether oxygens (including phenoxy) is 1. The number of anilines is 1. The number of carbonyl (C=O) groups excluding carboxylic acids is 1. The maximum atomic E-state index is 12.8. The summed E-state index contributed by atoms with van der Waals surface area (Å²) in [6.07, 6.45) is 2.44. The van der Waals surface area contributed by atoms with Gasteiger partial charge in [-0.25, -0.2) is 4.98 Å². The molecular weight excluding hydrogens is 398 g/mol. The number of aromatic nitrogens is 2. The molecule has 0 N–H and O–H groups in total. The van der Waals surface area contributed by atoms with E-state index in [9.17, 15) is 4.79 Å². The number of hydrogen-bond donors (Lipinski definition) is 0. The fourth-order valence-electron chi connectivity index (χ4n) is 4.46. The molecule has 5 rings (SSSR count). The van der Waals surface area contributed by atoms with E-state index < -0.39 is 0 Å². The van der Waals surface area contributed by atoms with Gasteiger partial charge in [-0.1, -0.05) is 48.5 Å². The van der Waals surface area contributed by atoms with E-state index in [0.717, 1.165) is 47.7 Å². The van der Waals surface area contributed by atoms with Crippen LogP contribution in [0.4, 0.5) is 5.69 Å². The molecule has 4 aromatic rings. The highest BCUT2D eigenvalue weighted by molar-refractivity contribution is 5.96. The summed E-state index contributed by atoms with van der Waals surface area (Å²) in [6, 6.07) is 28.1. The number of nitrogens with zero attached hydrogens (tertiary/aromatic N) is 3. The third-order valence-electron chi connectivity index (χ3n) is 6.03. The van der Waals surface area contributed by atoms with Crippen molar-refractivity contribution in [3.8, 4) is 5.75 Å². The van der Waals surface area contributed by atoms with E-state index in [-0.39, 0.29) is 11.8 Å². The average Bonchev–Trinajstić information content (AvgIpc) is 3.40. The summed E-state index contributed by atoms with van der Waals surface area (Å²) in [5.74, 6) is 2.18. The minimum absolute atomic E-state index is 0.0932. The first-order valence-electron chi connectivity index (χ1n) is 11.3. The van der Waals surface area contributed by atoms with Crippen LogP contribution < -0.4 is 9.64 Å². The number of para-hydroxylation sites is 4. The number of aryl methyl sites for hydroxylation is 1. The van der Waals surface area contributed by atoms with Gasteiger partial charge >= 0.3 is 0 Å². The number of carbonyl (C=O) groups is 1. The summed E-state index contributed by atoms with van der Waals surface area (Å²) >= 11 is 0. The molecule has 1 saturated heterocycles. The van der Waals surface area contributed by atoms with Gasteiger partial charge in [0.25, 0.3) is 0 Å². The molecule has 0 radical (unpaired) electrons. The van der Waals surface area contributed by atoms with Gasteiger partial charge in [0, 0.05) is 31.1 Å². The van der Waals surface area contributed by atoms with Crippen LogP contribution in [0.5, 0.6) is 5.75 Å². The molecule has 0 spiro atoms. The largest absolute Gasteiger partial charge is 0.494 e. The third-order valence-corrected chi connectivity index (χ3v) is 6.03. The zero-order chi connectivity index (χ0) is 21.8. The zero-order valence-electron chi connectivity index (χ0n) is 18.1. The van der Waals surface area contributed by atoms with Gasteiger partial charge in [0.1, 0.15) is 11.6 Å². The minimum atomic E-state index is 0.0932. The van der Waals surface area contributed by atoms with Crippen molar-refractivity contribution in [2.24, 2.45) is 0 Å². The summed E-state index contributed by atoms with van der Waals surface area (Å²) in [5.41, 5.74) is 3.09. The van der Waals surface area contributed by atoms with Crippen LogP contribution in [0.3, 0.4) is 0 Å². The number of benzene rings is 3. The number of hydrogen-bond acceptors (Lipinski definition) is 3. The standard InChI is InChI=1S/C27H27N3O2/c31-26-19-21(20-30(26)22-11-3-1-4-12-22)27-28-24-15-7-8-16-25(24)29(27)17-9-10-18-32-23-13-5-2-6-14-23/h1-8,11-16,21H,9-10,17-20H2. The highest BCUT2D eigenvalue weighted by Gasteiger charge is 2.34. The number of amides is 1. The third kappa shape index (κ3) is 4.24. The van der Waals surface area contributed by atoms with Crippen molar-refractivity contribution in [2.75, 3.05) is 18.1 Å². The molecule has 0 aliphatic carbocycles. The van der Waals surface area contributed by atoms with E-state index in [1.807, 2.05) is 71.6 Å². The predicted molar refractivity (Wildman–Crippen MR) is 127 cm³/mol. The van der Waals surface area contributed by atoms with Gasteiger partial charge in [0.2, 0.25) is 5.91 Å². The van der Waals surface area contributed by atoms with Crippen molar-refractivity contribution < 1.29 is 9.53 Å². The molecule has 1 aliphatic heterocycles. The molecule has 2 heterocycles. The summed E-state index contributed by atoms with van der Waals surface area (Å²) in [7, 11) is 0. The second kappa shape index (κ2) is 9.27. The molecule has 5 heteroatoms. The van der Waals surface area contributed by atoms with Gasteiger partial charge in [-0.2, -0.15) is 0 Å². The average molecular weight is 426 g/mol. The maximum Gasteiger partial charge on any atom is 0.227 e. The number of rotatable bonds is 8. The molecule has 1 aliphatic rings. The summed E-state index contributed by atoms with van der Waals surface area (Å²) in [4.78, 5) is 19.6. The maximum absolute atomic E-state index is 12.8. The molecule has 3 aromatic carbocycles. The Morgan fingerprint density at radius 3 is 2.41 bits per heavy atom. The van der Waals surface area contributed by atoms with Gasteiger partial charge in [-0.05, 0) is 49.2 Å². The Morgan fingerprint density at radius 1 is 0.875 bits per heavy atom. The Hall–Kier alpha value is -3.60. The van der Waals surface area contributed by atoms with Gasteiger partial charge in [-0.15, -0.1) is 0 Å². The van der Waals surface area contributed by atoms with Crippen molar-refractivity contribution in [3.05, 3.63) is 90.8 Å². The quantitative estimate of drug-likeness (QED) is 0.354. The molecule has 0 saturated carbocycles. The van der Waals surface area contributed by atoms with E-state index >= 15 is 0 Å². The lowest BCUT2D eigenvalue weighted by Gasteiger charge is -2.17. The van der Waals surface area contributed by atoms with Crippen LogP contribution in [-0.4, -0.2) is 28.6 Å². The zero-order valence-corrected chi connectivity index (χ0v) is 18.1. The smallest absolute Gasteiger partial charge is 0.227 e. The van der Waals surface area contributed by atoms with Crippen molar-refractivity contribution in [3.63, 3.8) is 0 Å². The molecule has 1 aromatic heterocycles. The summed E-state index contributed by atoms with van der Waals surface area (Å²) in [6.45, 7) is 2.23. The molecule has 162 valence electrons. The highest BCUT2D eigenvalue weighted by atomic mass is 16.5. The van der Waals surface area contributed by atoms with E-state index in [0.29, 0.717) is 19.6 Å². The first-order chi connectivity index (χ1) is 15.8. The second-order valence-corrected chi connectivity index (χ2v) is 8.22. The van der Waals surface area contributed by atoms with Crippen LogP contribution in [0.1, 0.15) is 31.0 Å². The van der Waals surface area contributed by atoms with Gasteiger partial charge in [0.05, 0.1) is 17.6 Å². The minimum Gasteiger partial charge on any atom is -0.494 e. The second-order valence-electron chi connectivity index (χ2n) is 8.22. The van der Waals surface area contributed by atoms with Gasteiger partial charge < -0.3 is 14.2 Å². The highest BCUT2D eigenvalue weighted by Crippen LogP contribution is 2.33. The molecule has 1 amide bonds. The van der Waals surface area contributed by atoms with Crippen molar-refractivity contribution in [1.29, 1.82) is 0 Å². The Bertz CT molecular complexity index is 1190. The van der Waals surface area contributed by atoms with Gasteiger partial charge in [-0.3, -0.25) is 4.79 Å². The molecule has 1 unspecified atom stereocenters. The SMILES string of the molecule is O=C1CC(c2nc3ccccc3n2CCCCOc2ccccc2)CN1c1ccccc1. The lowest BCUT2D eigenvalue weighted by atomic mass is 10.1. The lowest BCUT2D eigenvalue weighted by molar-refractivity contribution is -0.117. The fraction of sp³-hybridized carbons (Fsp3) is 0.259. The monoisotopic (exact) mass is 425 g/mol. The normalized spacial score (nSPS) is 16.1. The summed E-state index contributed by atoms with van der Waals surface area (Å²) < 4.78 is 8.15. The molecule has 1 atom stereocenters. The first kappa shape index (κ1) is 20.3. The Morgan fingerprint density at radius 2 is 1.59 bits per heavy atom. The van der Waals surface area contributed by atoms with Crippen LogP contribution in [0.2, 0.25) is 0 Å². The van der Waals surface area contributed by atoms with Crippen molar-refractivity contribution in [2.45, 2.75) is 31.7 Å². The van der Waals surface area contributed by atoms with Gasteiger partial charge in [0.15, 0.2) is 0 Å². The summed E-state index contributed by atoms with van der Waals surface area (Å²) in [5, 5.41) is 0. The molecule has 1 fully saturated rings. The van der Waals surface area contributed by atoms with Crippen LogP contribution >= 0.6 is 0 Å². The van der Waals surface area contributed by atoms with Crippen LogP contribution in [0, 0.1) is 0 Å². The molecule has 0 bridgehead atoms. The van der Waals surface area contributed by atoms with E-state index in [2.05, 4.69) is 22.8 Å². The Kier molecular flexibility index (Phi) is 5.88. The molecule has 5 nitrogen and oxygen atoms in total. The Balaban J connectivity index is 1.30. The fourth-order valence-corrected chi connectivity index (χ4v) is 4.46.